The van der Waals surface area contributed by atoms with Crippen LogP contribution in [0.1, 0.15) is 11.3 Å². The quantitative estimate of drug-likeness (QED) is 0.490. The van der Waals surface area contributed by atoms with Crippen LogP contribution in [0.3, 0.4) is 0 Å². The van der Waals surface area contributed by atoms with Crippen molar-refractivity contribution in [2.75, 3.05) is 6.79 Å². The number of benzene rings is 3. The van der Waals surface area contributed by atoms with E-state index in [1.807, 2.05) is 24.3 Å². The van der Waals surface area contributed by atoms with Gasteiger partial charge in [0.15, 0.2) is 11.5 Å². The normalized spacial score (nSPS) is 12.9. The molecule has 0 spiro atoms. The second-order valence-electron chi connectivity index (χ2n) is 6.25. The topological polar surface area (TPSA) is 23.4 Å². The standard InChI is InChI=1S/C23H17NO2/c1-3-7-17(8-4-1)11-12-20-13-18-14-22-23(26-16-25-22)15-21(18)24(20)19-9-5-2-6-10-19/h1-15H,16H2/b12-11+. The molecule has 3 nitrogen and oxygen atoms in total. The lowest BCUT2D eigenvalue weighted by atomic mass is 10.2. The Morgan fingerprint density at radius 1 is 0.731 bits per heavy atom. The lowest BCUT2D eigenvalue weighted by Gasteiger charge is -2.09. The van der Waals surface area contributed by atoms with Crippen molar-refractivity contribution in [2.45, 2.75) is 0 Å². The molecule has 0 saturated heterocycles. The average Bonchev–Trinajstić information content (AvgIpc) is 3.29. The van der Waals surface area contributed by atoms with Crippen LogP contribution in [-0.2, 0) is 0 Å². The lowest BCUT2D eigenvalue weighted by Crippen LogP contribution is -1.96. The van der Waals surface area contributed by atoms with E-state index in [9.17, 15) is 0 Å². The van der Waals surface area contributed by atoms with Crippen molar-refractivity contribution in [1.29, 1.82) is 0 Å². The summed E-state index contributed by atoms with van der Waals surface area (Å²) in [6, 6.07) is 27.0. The van der Waals surface area contributed by atoms with E-state index >= 15 is 0 Å². The molecule has 0 radical (unpaired) electrons. The van der Waals surface area contributed by atoms with E-state index < -0.39 is 0 Å². The highest BCUT2D eigenvalue weighted by atomic mass is 16.7. The van der Waals surface area contributed by atoms with Crippen LogP contribution in [0.15, 0.2) is 78.9 Å². The summed E-state index contributed by atoms with van der Waals surface area (Å²) in [7, 11) is 0. The number of para-hydroxylation sites is 1. The molecule has 0 unspecified atom stereocenters. The van der Waals surface area contributed by atoms with Crippen LogP contribution >= 0.6 is 0 Å². The Hall–Kier alpha value is -3.46. The monoisotopic (exact) mass is 339 g/mol. The molecule has 1 aromatic heterocycles. The van der Waals surface area contributed by atoms with Gasteiger partial charge in [-0.15, -0.1) is 0 Å². The van der Waals surface area contributed by atoms with Gasteiger partial charge < -0.3 is 14.0 Å². The minimum Gasteiger partial charge on any atom is -0.454 e. The fourth-order valence-electron chi connectivity index (χ4n) is 3.35. The van der Waals surface area contributed by atoms with E-state index in [-0.39, 0.29) is 6.79 Å². The molecule has 0 aliphatic carbocycles. The third kappa shape index (κ3) is 2.54. The Morgan fingerprint density at radius 3 is 2.19 bits per heavy atom. The average molecular weight is 339 g/mol. The fourth-order valence-corrected chi connectivity index (χ4v) is 3.35. The minimum atomic E-state index is 0.286. The zero-order chi connectivity index (χ0) is 17.3. The highest BCUT2D eigenvalue weighted by Gasteiger charge is 2.18. The molecule has 0 fully saturated rings. The SMILES string of the molecule is C(=C\c1cc2cc3c(cc2n1-c1ccccc1)OCO3)/c1ccccc1. The summed E-state index contributed by atoms with van der Waals surface area (Å²) in [5.41, 5.74) is 4.51. The third-order valence-electron chi connectivity index (χ3n) is 4.58. The predicted octanol–water partition coefficient (Wildman–Crippen LogP) is 5.53. The van der Waals surface area contributed by atoms with Crippen LogP contribution in [-0.4, -0.2) is 11.4 Å². The molecule has 0 amide bonds. The zero-order valence-electron chi connectivity index (χ0n) is 14.1. The first-order chi connectivity index (χ1) is 12.9. The number of ether oxygens (including phenoxy) is 2. The van der Waals surface area contributed by atoms with Gasteiger partial charge in [-0.3, -0.25) is 0 Å². The first kappa shape index (κ1) is 14.8. The number of rotatable bonds is 3. The number of nitrogens with zero attached hydrogens (tertiary/aromatic N) is 1. The van der Waals surface area contributed by atoms with Gasteiger partial charge in [-0.1, -0.05) is 54.6 Å². The van der Waals surface area contributed by atoms with Gasteiger partial charge in [-0.25, -0.2) is 0 Å². The lowest BCUT2D eigenvalue weighted by molar-refractivity contribution is 0.174. The Balaban J connectivity index is 1.70. The van der Waals surface area contributed by atoms with Crippen LogP contribution < -0.4 is 9.47 Å². The van der Waals surface area contributed by atoms with Gasteiger partial charge in [-0.05, 0) is 35.9 Å². The first-order valence-electron chi connectivity index (χ1n) is 8.62. The van der Waals surface area contributed by atoms with Crippen molar-refractivity contribution < 1.29 is 9.47 Å². The van der Waals surface area contributed by atoms with Crippen molar-refractivity contribution in [1.82, 2.24) is 4.57 Å². The van der Waals surface area contributed by atoms with Crippen LogP contribution in [0.2, 0.25) is 0 Å². The van der Waals surface area contributed by atoms with E-state index in [1.165, 1.54) is 5.56 Å². The summed E-state index contributed by atoms with van der Waals surface area (Å²) in [6.07, 6.45) is 4.28. The molecule has 1 aliphatic heterocycles. The predicted molar refractivity (Wildman–Crippen MR) is 105 cm³/mol. The molecule has 126 valence electrons. The molecule has 26 heavy (non-hydrogen) atoms. The molecule has 0 N–H and O–H groups in total. The fraction of sp³-hybridized carbons (Fsp3) is 0.0435. The van der Waals surface area contributed by atoms with Crippen LogP contribution in [0, 0.1) is 0 Å². The number of fused-ring (bicyclic) bond motifs is 2. The van der Waals surface area contributed by atoms with Crippen molar-refractivity contribution in [3.63, 3.8) is 0 Å². The summed E-state index contributed by atoms with van der Waals surface area (Å²) in [4.78, 5) is 0. The van der Waals surface area contributed by atoms with E-state index in [0.717, 1.165) is 33.8 Å². The summed E-state index contributed by atoms with van der Waals surface area (Å²) < 4.78 is 13.4. The summed E-state index contributed by atoms with van der Waals surface area (Å²) in [5.74, 6) is 1.60. The molecule has 0 bridgehead atoms. The molecule has 5 rings (SSSR count). The first-order valence-corrected chi connectivity index (χ1v) is 8.62. The molecule has 2 heterocycles. The largest absolute Gasteiger partial charge is 0.454 e. The van der Waals surface area contributed by atoms with Crippen molar-refractivity contribution >= 4 is 23.1 Å². The molecule has 3 aromatic carbocycles. The molecular formula is C23H17NO2. The third-order valence-corrected chi connectivity index (χ3v) is 4.58. The smallest absolute Gasteiger partial charge is 0.231 e. The van der Waals surface area contributed by atoms with Crippen molar-refractivity contribution in [2.24, 2.45) is 0 Å². The van der Waals surface area contributed by atoms with Crippen LogP contribution in [0.5, 0.6) is 11.5 Å². The van der Waals surface area contributed by atoms with Crippen molar-refractivity contribution in [3.8, 4) is 17.2 Å². The van der Waals surface area contributed by atoms with E-state index in [1.54, 1.807) is 0 Å². The van der Waals surface area contributed by atoms with Gasteiger partial charge in [0.2, 0.25) is 6.79 Å². The zero-order valence-corrected chi connectivity index (χ0v) is 14.1. The second kappa shape index (κ2) is 6.12. The Kier molecular flexibility index (Phi) is 3.49. The number of hydrogen-bond donors (Lipinski definition) is 0. The van der Waals surface area contributed by atoms with E-state index in [4.69, 9.17) is 9.47 Å². The summed E-state index contributed by atoms with van der Waals surface area (Å²) in [5, 5.41) is 1.13. The minimum absolute atomic E-state index is 0.286. The highest BCUT2D eigenvalue weighted by Crippen LogP contribution is 2.38. The maximum absolute atomic E-state index is 5.58. The Bertz CT molecular complexity index is 1100. The van der Waals surface area contributed by atoms with Crippen LogP contribution in [0.25, 0.3) is 28.7 Å². The van der Waals surface area contributed by atoms with Gasteiger partial charge in [0.05, 0.1) is 5.52 Å². The summed E-state index contributed by atoms with van der Waals surface area (Å²) >= 11 is 0. The summed E-state index contributed by atoms with van der Waals surface area (Å²) in [6.45, 7) is 0.286. The van der Waals surface area contributed by atoms with Gasteiger partial charge in [0.25, 0.3) is 0 Å². The van der Waals surface area contributed by atoms with Gasteiger partial charge >= 0.3 is 0 Å². The van der Waals surface area contributed by atoms with Crippen molar-refractivity contribution in [3.05, 3.63) is 90.1 Å². The highest BCUT2D eigenvalue weighted by molar-refractivity contribution is 5.90. The number of hydrogen-bond acceptors (Lipinski definition) is 2. The Morgan fingerprint density at radius 2 is 1.42 bits per heavy atom. The number of aromatic nitrogens is 1. The molecule has 3 heteroatoms. The van der Waals surface area contributed by atoms with E-state index in [2.05, 4.69) is 71.3 Å². The molecular weight excluding hydrogens is 322 g/mol. The maximum Gasteiger partial charge on any atom is 0.231 e. The van der Waals surface area contributed by atoms with Gasteiger partial charge in [-0.2, -0.15) is 0 Å². The molecule has 1 aliphatic rings. The van der Waals surface area contributed by atoms with Crippen LogP contribution in [0.4, 0.5) is 0 Å². The van der Waals surface area contributed by atoms with Gasteiger partial charge in [0, 0.05) is 22.8 Å². The molecule has 0 saturated carbocycles. The van der Waals surface area contributed by atoms with Gasteiger partial charge in [0.1, 0.15) is 0 Å². The maximum atomic E-state index is 5.58. The Labute approximate surface area is 151 Å². The molecule has 0 atom stereocenters. The van der Waals surface area contributed by atoms with E-state index in [0.29, 0.717) is 0 Å². The second-order valence-corrected chi connectivity index (χ2v) is 6.25. The molecule has 4 aromatic rings.